The Bertz CT molecular complexity index is 987. The zero-order chi connectivity index (χ0) is 18.2. The maximum Gasteiger partial charge on any atom is 0.256 e. The molecule has 3 N–H and O–H groups in total. The highest BCUT2D eigenvalue weighted by molar-refractivity contribution is 7.89. The van der Waals surface area contributed by atoms with Gasteiger partial charge in [-0.15, -0.1) is 11.3 Å². The Kier molecular flexibility index (Phi) is 4.64. The van der Waals surface area contributed by atoms with E-state index in [1.54, 1.807) is 0 Å². The first kappa shape index (κ1) is 17.6. The van der Waals surface area contributed by atoms with Gasteiger partial charge in [0.05, 0.1) is 10.5 Å². The van der Waals surface area contributed by atoms with Crippen molar-refractivity contribution >= 4 is 32.3 Å². The molecule has 1 aliphatic carbocycles. The van der Waals surface area contributed by atoms with Gasteiger partial charge < -0.3 is 5.32 Å². The number of nitrogens with zero attached hydrogens (tertiary/aromatic N) is 1. The first-order chi connectivity index (χ1) is 11.8. The first-order valence-electron chi connectivity index (χ1n) is 7.78. The Balaban J connectivity index is 1.91. The standard InChI is InChI=1S/C17H17N3O3S2/c1-10-5-6-13-14(9-18)17(24-15(13)7-10)20-16(21)11-3-2-4-12(8-11)25(19,22)23/h2-4,8,10H,5-7H2,1H3,(H,20,21)(H2,19,22,23)/t10-/m1/s1. The second-order valence-electron chi connectivity index (χ2n) is 6.19. The highest BCUT2D eigenvalue weighted by Crippen LogP contribution is 2.39. The van der Waals surface area contributed by atoms with Gasteiger partial charge in [-0.2, -0.15) is 5.26 Å². The van der Waals surface area contributed by atoms with Gasteiger partial charge >= 0.3 is 0 Å². The Morgan fingerprint density at radius 3 is 2.88 bits per heavy atom. The summed E-state index contributed by atoms with van der Waals surface area (Å²) < 4.78 is 22.9. The molecule has 130 valence electrons. The van der Waals surface area contributed by atoms with Crippen molar-refractivity contribution in [2.45, 2.75) is 31.1 Å². The molecule has 1 amide bonds. The number of anilines is 1. The molecular formula is C17H17N3O3S2. The fraction of sp³-hybridized carbons (Fsp3) is 0.294. The van der Waals surface area contributed by atoms with Crippen LogP contribution in [0.1, 0.15) is 39.7 Å². The molecule has 1 atom stereocenters. The summed E-state index contributed by atoms with van der Waals surface area (Å²) in [6.07, 6.45) is 2.78. The smallest absolute Gasteiger partial charge is 0.256 e. The zero-order valence-electron chi connectivity index (χ0n) is 13.6. The summed E-state index contributed by atoms with van der Waals surface area (Å²) in [5, 5.41) is 17.8. The van der Waals surface area contributed by atoms with Crippen LogP contribution < -0.4 is 10.5 Å². The van der Waals surface area contributed by atoms with Crippen molar-refractivity contribution in [3.8, 4) is 6.07 Å². The van der Waals surface area contributed by atoms with Crippen LogP contribution in [0, 0.1) is 17.2 Å². The van der Waals surface area contributed by atoms with Gasteiger partial charge in [-0.05, 0) is 48.9 Å². The van der Waals surface area contributed by atoms with E-state index in [2.05, 4.69) is 18.3 Å². The molecule has 0 spiro atoms. The van der Waals surface area contributed by atoms with E-state index in [9.17, 15) is 18.5 Å². The largest absolute Gasteiger partial charge is 0.312 e. The van der Waals surface area contributed by atoms with Gasteiger partial charge in [0.2, 0.25) is 10.0 Å². The van der Waals surface area contributed by atoms with Crippen molar-refractivity contribution < 1.29 is 13.2 Å². The van der Waals surface area contributed by atoms with Crippen LogP contribution in [-0.2, 0) is 22.9 Å². The van der Waals surface area contributed by atoms with Gasteiger partial charge in [0.25, 0.3) is 5.91 Å². The number of carbonyl (C=O) groups is 1. The predicted molar refractivity (Wildman–Crippen MR) is 96.0 cm³/mol. The number of nitrogens with one attached hydrogen (secondary N) is 1. The highest BCUT2D eigenvalue weighted by atomic mass is 32.2. The maximum absolute atomic E-state index is 12.5. The van der Waals surface area contributed by atoms with Crippen molar-refractivity contribution in [1.82, 2.24) is 0 Å². The van der Waals surface area contributed by atoms with Crippen LogP contribution in [0.15, 0.2) is 29.2 Å². The molecule has 25 heavy (non-hydrogen) atoms. The lowest BCUT2D eigenvalue weighted by molar-refractivity contribution is 0.102. The molecule has 6 nitrogen and oxygen atoms in total. The molecule has 0 saturated heterocycles. The number of primary sulfonamides is 1. The Morgan fingerprint density at radius 1 is 1.44 bits per heavy atom. The van der Waals surface area contributed by atoms with Crippen LogP contribution in [0.5, 0.6) is 0 Å². The quantitative estimate of drug-likeness (QED) is 0.858. The van der Waals surface area contributed by atoms with Crippen molar-refractivity contribution in [2.24, 2.45) is 11.1 Å². The number of sulfonamides is 1. The van der Waals surface area contributed by atoms with Gasteiger partial charge in [0.1, 0.15) is 11.1 Å². The first-order valence-corrected chi connectivity index (χ1v) is 10.1. The molecule has 0 aliphatic heterocycles. The lowest BCUT2D eigenvalue weighted by atomic mass is 9.88. The SMILES string of the molecule is C[C@@H]1CCc2c(sc(NC(=O)c3cccc(S(N)(=O)=O)c3)c2C#N)C1. The van der Waals surface area contributed by atoms with Gasteiger partial charge in [-0.1, -0.05) is 13.0 Å². The number of hydrogen-bond donors (Lipinski definition) is 2. The summed E-state index contributed by atoms with van der Waals surface area (Å²) in [5.41, 5.74) is 1.72. The van der Waals surface area contributed by atoms with E-state index in [4.69, 9.17) is 5.14 Å². The molecule has 1 aliphatic rings. The minimum absolute atomic E-state index is 0.125. The molecule has 1 aromatic heterocycles. The fourth-order valence-electron chi connectivity index (χ4n) is 2.95. The van der Waals surface area contributed by atoms with Crippen LogP contribution in [0.2, 0.25) is 0 Å². The van der Waals surface area contributed by atoms with Crippen LogP contribution in [0.3, 0.4) is 0 Å². The number of thiophene rings is 1. The summed E-state index contributed by atoms with van der Waals surface area (Å²) in [5.74, 6) is 0.0985. The van der Waals surface area contributed by atoms with Crippen molar-refractivity contribution in [1.29, 1.82) is 5.26 Å². The van der Waals surface area contributed by atoms with Gasteiger partial charge in [0.15, 0.2) is 0 Å². The minimum atomic E-state index is -3.88. The van der Waals surface area contributed by atoms with E-state index in [0.29, 0.717) is 16.5 Å². The van der Waals surface area contributed by atoms with Crippen LogP contribution in [0.4, 0.5) is 5.00 Å². The molecule has 1 aromatic carbocycles. The number of amides is 1. The molecule has 3 rings (SSSR count). The third-order valence-corrected chi connectivity index (χ3v) is 6.36. The number of nitrogens with two attached hydrogens (primary N) is 1. The van der Waals surface area contributed by atoms with E-state index < -0.39 is 15.9 Å². The maximum atomic E-state index is 12.5. The number of carbonyl (C=O) groups excluding carboxylic acids is 1. The van der Waals surface area contributed by atoms with Crippen molar-refractivity contribution in [3.63, 3.8) is 0 Å². The summed E-state index contributed by atoms with van der Waals surface area (Å²) in [7, 11) is -3.88. The van der Waals surface area contributed by atoms with Crippen molar-refractivity contribution in [2.75, 3.05) is 5.32 Å². The van der Waals surface area contributed by atoms with Crippen LogP contribution in [0.25, 0.3) is 0 Å². The monoisotopic (exact) mass is 375 g/mol. The predicted octanol–water partition coefficient (Wildman–Crippen LogP) is 2.64. The lowest BCUT2D eigenvalue weighted by Crippen LogP contribution is -2.15. The minimum Gasteiger partial charge on any atom is -0.312 e. The van der Waals surface area contributed by atoms with E-state index in [1.807, 2.05) is 0 Å². The lowest BCUT2D eigenvalue weighted by Gasteiger charge is -2.17. The van der Waals surface area contributed by atoms with Crippen molar-refractivity contribution in [3.05, 3.63) is 45.8 Å². The summed E-state index contributed by atoms with van der Waals surface area (Å²) in [6, 6.07) is 7.72. The number of fused-ring (bicyclic) bond motifs is 1. The molecular weight excluding hydrogens is 358 g/mol. The van der Waals surface area contributed by atoms with E-state index >= 15 is 0 Å². The normalized spacial score (nSPS) is 16.8. The number of nitriles is 1. The Hall–Kier alpha value is -2.21. The average Bonchev–Trinajstić information content (AvgIpc) is 2.90. The molecule has 1 heterocycles. The topological polar surface area (TPSA) is 113 Å². The van der Waals surface area contributed by atoms with Gasteiger partial charge in [-0.3, -0.25) is 4.79 Å². The Labute approximate surface area is 150 Å². The molecule has 0 fully saturated rings. The molecule has 0 radical (unpaired) electrons. The second kappa shape index (κ2) is 6.59. The third-order valence-electron chi connectivity index (χ3n) is 4.28. The van der Waals surface area contributed by atoms with Crippen LogP contribution >= 0.6 is 11.3 Å². The van der Waals surface area contributed by atoms with E-state index in [1.165, 1.54) is 35.6 Å². The zero-order valence-corrected chi connectivity index (χ0v) is 15.2. The molecule has 8 heteroatoms. The van der Waals surface area contributed by atoms with E-state index in [0.717, 1.165) is 29.7 Å². The fourth-order valence-corrected chi connectivity index (χ4v) is 4.86. The summed E-state index contributed by atoms with van der Waals surface area (Å²) >= 11 is 1.43. The summed E-state index contributed by atoms with van der Waals surface area (Å²) in [6.45, 7) is 2.17. The molecule has 0 bridgehead atoms. The number of hydrogen-bond acceptors (Lipinski definition) is 5. The van der Waals surface area contributed by atoms with Crippen LogP contribution in [-0.4, -0.2) is 14.3 Å². The number of rotatable bonds is 3. The molecule has 0 unspecified atom stereocenters. The average molecular weight is 375 g/mol. The van der Waals surface area contributed by atoms with Gasteiger partial charge in [-0.25, -0.2) is 13.6 Å². The summed E-state index contributed by atoms with van der Waals surface area (Å²) in [4.78, 5) is 13.5. The molecule has 0 saturated carbocycles. The van der Waals surface area contributed by atoms with Gasteiger partial charge in [0, 0.05) is 10.4 Å². The number of benzene rings is 1. The third kappa shape index (κ3) is 3.58. The molecule has 2 aromatic rings. The van der Waals surface area contributed by atoms with E-state index in [-0.39, 0.29) is 10.5 Å². The Morgan fingerprint density at radius 2 is 2.20 bits per heavy atom. The highest BCUT2D eigenvalue weighted by Gasteiger charge is 2.25. The second-order valence-corrected chi connectivity index (χ2v) is 8.86.